The van der Waals surface area contributed by atoms with Crippen LogP contribution in [0.4, 0.5) is 0 Å². The van der Waals surface area contributed by atoms with Crippen molar-refractivity contribution in [1.82, 2.24) is 5.32 Å². The maximum atomic E-state index is 11.7. The number of amides is 1. The van der Waals surface area contributed by atoms with Gasteiger partial charge in [0.2, 0.25) is 5.91 Å². The minimum absolute atomic E-state index is 0.0819. The van der Waals surface area contributed by atoms with E-state index >= 15 is 0 Å². The van der Waals surface area contributed by atoms with E-state index in [1.54, 1.807) is 0 Å². The lowest BCUT2D eigenvalue weighted by molar-refractivity contribution is -0.121. The SMILES string of the molecule is CCCCCCCCCC(=O)NCC(C)(C)CCCO. The Kier molecular flexibility index (Phi) is 11.8. The lowest BCUT2D eigenvalue weighted by atomic mass is 9.88. The van der Waals surface area contributed by atoms with Crippen molar-refractivity contribution in [2.45, 2.75) is 85.0 Å². The topological polar surface area (TPSA) is 49.3 Å². The first kappa shape index (κ1) is 19.4. The molecule has 3 heteroatoms. The Balaban J connectivity index is 3.49. The zero-order valence-electron chi connectivity index (χ0n) is 13.8. The molecule has 0 saturated carbocycles. The van der Waals surface area contributed by atoms with Crippen LogP contribution in [-0.4, -0.2) is 24.2 Å². The molecule has 1 amide bonds. The van der Waals surface area contributed by atoms with Gasteiger partial charge in [0.25, 0.3) is 0 Å². The molecule has 0 aliphatic rings. The lowest BCUT2D eigenvalue weighted by Gasteiger charge is -2.24. The standard InChI is InChI=1S/C17H35NO2/c1-4-5-6-7-8-9-10-12-16(20)18-15-17(2,3)13-11-14-19/h19H,4-15H2,1-3H3,(H,18,20). The number of hydrogen-bond donors (Lipinski definition) is 2. The van der Waals surface area contributed by atoms with Gasteiger partial charge >= 0.3 is 0 Å². The third-order valence-electron chi connectivity index (χ3n) is 3.78. The predicted molar refractivity (Wildman–Crippen MR) is 85.7 cm³/mol. The molecule has 20 heavy (non-hydrogen) atoms. The van der Waals surface area contributed by atoms with Gasteiger partial charge in [-0.05, 0) is 24.7 Å². The van der Waals surface area contributed by atoms with Crippen LogP contribution in [0.1, 0.15) is 85.0 Å². The molecule has 0 atom stereocenters. The van der Waals surface area contributed by atoms with Crippen LogP contribution in [0.25, 0.3) is 0 Å². The van der Waals surface area contributed by atoms with Crippen LogP contribution in [0.3, 0.4) is 0 Å². The van der Waals surface area contributed by atoms with Gasteiger partial charge in [-0.15, -0.1) is 0 Å². The molecule has 0 fully saturated rings. The van der Waals surface area contributed by atoms with Crippen molar-refractivity contribution in [3.05, 3.63) is 0 Å². The normalized spacial score (nSPS) is 11.6. The quantitative estimate of drug-likeness (QED) is 0.502. The fourth-order valence-corrected chi connectivity index (χ4v) is 2.31. The zero-order chi connectivity index (χ0) is 15.3. The summed E-state index contributed by atoms with van der Waals surface area (Å²) in [5.41, 5.74) is 0.0819. The zero-order valence-corrected chi connectivity index (χ0v) is 13.8. The van der Waals surface area contributed by atoms with E-state index in [4.69, 9.17) is 5.11 Å². The van der Waals surface area contributed by atoms with Crippen LogP contribution in [-0.2, 0) is 4.79 Å². The molecule has 0 aromatic carbocycles. The van der Waals surface area contributed by atoms with Gasteiger partial charge in [0.1, 0.15) is 0 Å². The average Bonchev–Trinajstić information content (AvgIpc) is 2.42. The van der Waals surface area contributed by atoms with Gasteiger partial charge < -0.3 is 10.4 Å². The Morgan fingerprint density at radius 1 is 1.00 bits per heavy atom. The number of carbonyl (C=O) groups excluding carboxylic acids is 1. The number of nitrogens with one attached hydrogen (secondary N) is 1. The summed E-state index contributed by atoms with van der Waals surface area (Å²) in [5.74, 6) is 0.177. The summed E-state index contributed by atoms with van der Waals surface area (Å²) in [4.78, 5) is 11.7. The van der Waals surface area contributed by atoms with Crippen LogP contribution < -0.4 is 5.32 Å². The van der Waals surface area contributed by atoms with E-state index in [2.05, 4.69) is 26.1 Å². The molecular formula is C17H35NO2. The minimum Gasteiger partial charge on any atom is -0.396 e. The fraction of sp³-hybridized carbons (Fsp3) is 0.941. The average molecular weight is 285 g/mol. The molecule has 0 saturated heterocycles. The highest BCUT2D eigenvalue weighted by molar-refractivity contribution is 5.75. The highest BCUT2D eigenvalue weighted by Crippen LogP contribution is 2.20. The van der Waals surface area contributed by atoms with E-state index in [1.165, 1.54) is 38.5 Å². The summed E-state index contributed by atoms with van der Waals surface area (Å²) in [6.07, 6.45) is 11.1. The molecule has 0 aromatic heterocycles. The number of carbonyl (C=O) groups is 1. The lowest BCUT2D eigenvalue weighted by Crippen LogP contribution is -2.34. The van der Waals surface area contributed by atoms with Gasteiger partial charge in [-0.25, -0.2) is 0 Å². The summed E-state index contributed by atoms with van der Waals surface area (Å²) in [7, 11) is 0. The molecule has 0 aliphatic carbocycles. The van der Waals surface area contributed by atoms with Gasteiger partial charge in [0.15, 0.2) is 0 Å². The van der Waals surface area contributed by atoms with E-state index in [1.807, 2.05) is 0 Å². The molecule has 3 nitrogen and oxygen atoms in total. The fourth-order valence-electron chi connectivity index (χ4n) is 2.31. The summed E-state index contributed by atoms with van der Waals surface area (Å²) in [6.45, 7) is 7.44. The number of aliphatic hydroxyl groups is 1. The van der Waals surface area contributed by atoms with Crippen molar-refractivity contribution in [2.24, 2.45) is 5.41 Å². The molecule has 0 spiro atoms. The summed E-state index contributed by atoms with van der Waals surface area (Å²) in [6, 6.07) is 0. The second kappa shape index (κ2) is 12.2. The second-order valence-corrected chi connectivity index (χ2v) is 6.64. The van der Waals surface area contributed by atoms with Crippen LogP contribution in [0.2, 0.25) is 0 Å². The number of aliphatic hydroxyl groups excluding tert-OH is 1. The Bertz CT molecular complexity index is 239. The molecule has 2 N–H and O–H groups in total. The van der Waals surface area contributed by atoms with Gasteiger partial charge in [0, 0.05) is 19.6 Å². The van der Waals surface area contributed by atoms with Crippen molar-refractivity contribution in [3.63, 3.8) is 0 Å². The highest BCUT2D eigenvalue weighted by Gasteiger charge is 2.17. The van der Waals surface area contributed by atoms with Crippen molar-refractivity contribution in [2.75, 3.05) is 13.2 Å². The van der Waals surface area contributed by atoms with Gasteiger partial charge in [-0.1, -0.05) is 59.3 Å². The third kappa shape index (κ3) is 12.5. The Morgan fingerprint density at radius 2 is 1.60 bits per heavy atom. The first-order valence-corrected chi connectivity index (χ1v) is 8.39. The molecule has 0 aliphatic heterocycles. The number of unbranched alkanes of at least 4 members (excludes halogenated alkanes) is 6. The van der Waals surface area contributed by atoms with Gasteiger partial charge in [-0.3, -0.25) is 4.79 Å². The van der Waals surface area contributed by atoms with Crippen LogP contribution in [0.5, 0.6) is 0 Å². The van der Waals surface area contributed by atoms with Crippen molar-refractivity contribution in [3.8, 4) is 0 Å². The molecule has 0 radical (unpaired) electrons. The number of rotatable bonds is 13. The Labute approximate surface area is 125 Å². The predicted octanol–water partition coefficient (Wildman–Crippen LogP) is 4.04. The Hall–Kier alpha value is -0.570. The van der Waals surface area contributed by atoms with Gasteiger partial charge in [-0.2, -0.15) is 0 Å². The van der Waals surface area contributed by atoms with Crippen molar-refractivity contribution < 1.29 is 9.90 Å². The largest absolute Gasteiger partial charge is 0.396 e. The third-order valence-corrected chi connectivity index (χ3v) is 3.78. The summed E-state index contributed by atoms with van der Waals surface area (Å²) in [5, 5.41) is 11.9. The van der Waals surface area contributed by atoms with E-state index < -0.39 is 0 Å². The molecule has 120 valence electrons. The molecular weight excluding hydrogens is 250 g/mol. The van der Waals surface area contributed by atoms with Crippen LogP contribution in [0.15, 0.2) is 0 Å². The molecule has 0 unspecified atom stereocenters. The molecule has 0 rings (SSSR count). The van der Waals surface area contributed by atoms with Crippen LogP contribution >= 0.6 is 0 Å². The maximum absolute atomic E-state index is 11.7. The van der Waals surface area contributed by atoms with Crippen molar-refractivity contribution in [1.29, 1.82) is 0 Å². The monoisotopic (exact) mass is 285 g/mol. The first-order chi connectivity index (χ1) is 9.52. The smallest absolute Gasteiger partial charge is 0.220 e. The Morgan fingerprint density at radius 3 is 2.20 bits per heavy atom. The molecule has 0 bridgehead atoms. The maximum Gasteiger partial charge on any atom is 0.220 e. The summed E-state index contributed by atoms with van der Waals surface area (Å²) < 4.78 is 0. The van der Waals surface area contributed by atoms with E-state index in [-0.39, 0.29) is 17.9 Å². The minimum atomic E-state index is 0.0819. The highest BCUT2D eigenvalue weighted by atomic mass is 16.2. The van der Waals surface area contributed by atoms with E-state index in [0.29, 0.717) is 13.0 Å². The molecule has 0 heterocycles. The van der Waals surface area contributed by atoms with Crippen LogP contribution in [0, 0.1) is 5.41 Å². The first-order valence-electron chi connectivity index (χ1n) is 8.39. The second-order valence-electron chi connectivity index (χ2n) is 6.64. The number of hydrogen-bond acceptors (Lipinski definition) is 2. The summed E-state index contributed by atoms with van der Waals surface area (Å²) >= 11 is 0. The van der Waals surface area contributed by atoms with Crippen molar-refractivity contribution >= 4 is 5.91 Å². The van der Waals surface area contributed by atoms with E-state index in [0.717, 1.165) is 19.3 Å². The van der Waals surface area contributed by atoms with Gasteiger partial charge in [0.05, 0.1) is 0 Å². The molecule has 0 aromatic rings. The van der Waals surface area contributed by atoms with E-state index in [9.17, 15) is 4.79 Å².